The lowest BCUT2D eigenvalue weighted by Crippen LogP contribution is -2.30. The largest absolute Gasteiger partial charge is 0.501 e. The summed E-state index contributed by atoms with van der Waals surface area (Å²) < 4.78 is 21.6. The van der Waals surface area contributed by atoms with Crippen LogP contribution in [-0.4, -0.2) is 35.5 Å². The average molecular weight is 487 g/mol. The third-order valence-electron chi connectivity index (χ3n) is 5.38. The first-order chi connectivity index (χ1) is 16.2. The van der Waals surface area contributed by atoms with Crippen molar-refractivity contribution in [3.8, 4) is 5.75 Å². The van der Waals surface area contributed by atoms with Gasteiger partial charge in [0.1, 0.15) is 23.6 Å². The SMILES string of the molecule is Cc1cnn(C(c2cc(F)ccc2Cl)C(C)c2nc(C(=O)Nc3cnoc3)c(O)c(=O)n2C)c1. The number of amides is 1. The summed E-state index contributed by atoms with van der Waals surface area (Å²) in [6.45, 7) is 3.59. The lowest BCUT2D eigenvalue weighted by molar-refractivity contribution is 0.101. The molecule has 0 radical (unpaired) electrons. The lowest BCUT2D eigenvalue weighted by atomic mass is 9.93. The number of benzene rings is 1. The van der Waals surface area contributed by atoms with Crippen molar-refractivity contribution in [3.63, 3.8) is 0 Å². The van der Waals surface area contributed by atoms with E-state index in [0.29, 0.717) is 10.6 Å². The van der Waals surface area contributed by atoms with E-state index in [-0.39, 0.29) is 11.5 Å². The molecule has 0 spiro atoms. The maximum atomic E-state index is 14.2. The monoisotopic (exact) mass is 486 g/mol. The molecule has 2 unspecified atom stereocenters. The number of hydrogen-bond donors (Lipinski definition) is 2. The van der Waals surface area contributed by atoms with E-state index < -0.39 is 40.7 Å². The van der Waals surface area contributed by atoms with Crippen LogP contribution in [0.15, 0.2) is 52.4 Å². The zero-order chi connectivity index (χ0) is 24.6. The normalized spacial score (nSPS) is 13.0. The summed E-state index contributed by atoms with van der Waals surface area (Å²) in [6, 6.07) is 3.28. The number of carbonyl (C=O) groups is 1. The molecule has 0 bridgehead atoms. The molecule has 4 aromatic rings. The summed E-state index contributed by atoms with van der Waals surface area (Å²) in [5, 5.41) is 20.9. The Bertz CT molecular complexity index is 1420. The number of carbonyl (C=O) groups excluding carboxylic acids is 1. The third kappa shape index (κ3) is 4.29. The van der Waals surface area contributed by atoms with E-state index in [9.17, 15) is 19.1 Å². The van der Waals surface area contributed by atoms with Crippen molar-refractivity contribution in [1.29, 1.82) is 0 Å². The predicted octanol–water partition coefficient (Wildman–Crippen LogP) is 3.42. The molecule has 176 valence electrons. The van der Waals surface area contributed by atoms with Crippen LogP contribution in [0.1, 0.15) is 46.3 Å². The highest BCUT2D eigenvalue weighted by Crippen LogP contribution is 2.37. The van der Waals surface area contributed by atoms with Crippen LogP contribution in [0.4, 0.5) is 10.1 Å². The minimum Gasteiger partial charge on any atom is -0.501 e. The molecule has 3 aromatic heterocycles. The molecule has 0 aliphatic rings. The first-order valence-electron chi connectivity index (χ1n) is 10.1. The quantitative estimate of drug-likeness (QED) is 0.427. The Balaban J connectivity index is 1.85. The highest BCUT2D eigenvalue weighted by Gasteiger charge is 2.31. The molecule has 0 saturated carbocycles. The molecule has 0 aliphatic carbocycles. The van der Waals surface area contributed by atoms with Gasteiger partial charge in [0, 0.05) is 24.2 Å². The molecule has 10 nitrogen and oxygen atoms in total. The maximum Gasteiger partial charge on any atom is 0.296 e. The zero-order valence-corrected chi connectivity index (χ0v) is 19.1. The average Bonchev–Trinajstić information content (AvgIpc) is 3.46. The molecular formula is C22H20ClFN6O4. The molecule has 0 saturated heterocycles. The number of hydrogen-bond acceptors (Lipinski definition) is 7. The Kier molecular flexibility index (Phi) is 6.20. The Hall–Kier alpha value is -3.99. The fourth-order valence-corrected chi connectivity index (χ4v) is 3.97. The Morgan fingerprint density at radius 3 is 2.74 bits per heavy atom. The van der Waals surface area contributed by atoms with Crippen molar-refractivity contribution < 1.29 is 18.8 Å². The fraction of sp³-hybridized carbons (Fsp3) is 0.227. The van der Waals surface area contributed by atoms with Crippen LogP contribution in [0.25, 0.3) is 0 Å². The highest BCUT2D eigenvalue weighted by molar-refractivity contribution is 6.31. The van der Waals surface area contributed by atoms with Crippen molar-refractivity contribution in [2.45, 2.75) is 25.8 Å². The zero-order valence-electron chi connectivity index (χ0n) is 18.4. The molecule has 3 heterocycles. The summed E-state index contributed by atoms with van der Waals surface area (Å²) in [5.74, 6) is -2.64. The number of aromatic nitrogens is 5. The molecule has 1 amide bonds. The van der Waals surface area contributed by atoms with Crippen LogP contribution in [0.2, 0.25) is 5.02 Å². The second-order valence-corrected chi connectivity index (χ2v) is 8.20. The number of aryl methyl sites for hydroxylation is 1. The first kappa shape index (κ1) is 23.2. The number of rotatable bonds is 6. The van der Waals surface area contributed by atoms with Crippen molar-refractivity contribution in [3.05, 3.63) is 86.9 Å². The second-order valence-electron chi connectivity index (χ2n) is 7.80. The summed E-state index contributed by atoms with van der Waals surface area (Å²) >= 11 is 6.42. The van der Waals surface area contributed by atoms with Crippen molar-refractivity contribution >= 4 is 23.2 Å². The number of halogens is 2. The Labute approximate surface area is 197 Å². The lowest BCUT2D eigenvalue weighted by Gasteiger charge is -2.27. The minimum atomic E-state index is -0.831. The Morgan fingerprint density at radius 1 is 1.32 bits per heavy atom. The van der Waals surface area contributed by atoms with Crippen LogP contribution in [0.5, 0.6) is 5.75 Å². The topological polar surface area (TPSA) is 128 Å². The van der Waals surface area contributed by atoms with Gasteiger partial charge in [-0.15, -0.1) is 0 Å². The standard InChI is InChI=1S/C22H20ClFN6O4/c1-11-7-25-30(9-11)18(15-6-13(24)4-5-16(15)23)12(2)20-28-17(19(31)22(33)29(20)3)21(32)27-14-8-26-34-10-14/h4-10,12,18,31H,1-3H3,(H,27,32). The second kappa shape index (κ2) is 9.10. The van der Waals surface area contributed by atoms with Crippen LogP contribution in [0.3, 0.4) is 0 Å². The van der Waals surface area contributed by atoms with Crippen molar-refractivity contribution in [2.75, 3.05) is 5.32 Å². The number of aromatic hydroxyl groups is 1. The van der Waals surface area contributed by atoms with Gasteiger partial charge in [-0.1, -0.05) is 23.7 Å². The van der Waals surface area contributed by atoms with E-state index in [2.05, 4.69) is 25.1 Å². The molecular weight excluding hydrogens is 467 g/mol. The summed E-state index contributed by atoms with van der Waals surface area (Å²) in [5.41, 5.74) is 0.180. The smallest absolute Gasteiger partial charge is 0.296 e. The van der Waals surface area contributed by atoms with Gasteiger partial charge in [0.15, 0.2) is 5.69 Å². The summed E-state index contributed by atoms with van der Waals surface area (Å²) in [4.78, 5) is 29.9. The van der Waals surface area contributed by atoms with Crippen LogP contribution in [0, 0.1) is 12.7 Å². The number of nitrogens with zero attached hydrogens (tertiary/aromatic N) is 5. The molecule has 0 fully saturated rings. The van der Waals surface area contributed by atoms with E-state index >= 15 is 0 Å². The molecule has 34 heavy (non-hydrogen) atoms. The minimum absolute atomic E-state index is 0.150. The van der Waals surface area contributed by atoms with Gasteiger partial charge < -0.3 is 14.9 Å². The van der Waals surface area contributed by atoms with Crippen LogP contribution < -0.4 is 10.9 Å². The predicted molar refractivity (Wildman–Crippen MR) is 121 cm³/mol. The molecule has 4 rings (SSSR count). The van der Waals surface area contributed by atoms with E-state index in [1.807, 2.05) is 6.92 Å². The van der Waals surface area contributed by atoms with Gasteiger partial charge in [-0.2, -0.15) is 5.10 Å². The summed E-state index contributed by atoms with van der Waals surface area (Å²) in [6.07, 6.45) is 5.82. The summed E-state index contributed by atoms with van der Waals surface area (Å²) in [7, 11) is 1.42. The van der Waals surface area contributed by atoms with Gasteiger partial charge in [0.2, 0.25) is 5.75 Å². The Morgan fingerprint density at radius 2 is 2.09 bits per heavy atom. The number of anilines is 1. The van der Waals surface area contributed by atoms with Crippen LogP contribution >= 0.6 is 11.6 Å². The van der Waals surface area contributed by atoms with E-state index in [4.69, 9.17) is 11.6 Å². The molecule has 0 aliphatic heterocycles. The van der Waals surface area contributed by atoms with Crippen LogP contribution in [-0.2, 0) is 7.05 Å². The van der Waals surface area contributed by atoms with Gasteiger partial charge in [-0.05, 0) is 36.2 Å². The van der Waals surface area contributed by atoms with Crippen molar-refractivity contribution in [1.82, 2.24) is 24.5 Å². The van der Waals surface area contributed by atoms with E-state index in [1.54, 1.807) is 24.0 Å². The molecule has 12 heteroatoms. The third-order valence-corrected chi connectivity index (χ3v) is 5.72. The van der Waals surface area contributed by atoms with Gasteiger partial charge >= 0.3 is 0 Å². The molecule has 1 aromatic carbocycles. The first-order valence-corrected chi connectivity index (χ1v) is 10.5. The highest BCUT2D eigenvalue weighted by atomic mass is 35.5. The van der Waals surface area contributed by atoms with Crippen molar-refractivity contribution in [2.24, 2.45) is 7.05 Å². The number of nitrogens with one attached hydrogen (secondary N) is 1. The van der Waals surface area contributed by atoms with E-state index in [1.165, 1.54) is 37.7 Å². The maximum absolute atomic E-state index is 14.2. The fourth-order valence-electron chi connectivity index (χ4n) is 3.74. The molecule has 2 N–H and O–H groups in total. The van der Waals surface area contributed by atoms with Gasteiger partial charge in [0.25, 0.3) is 11.5 Å². The van der Waals surface area contributed by atoms with Gasteiger partial charge in [-0.25, -0.2) is 9.37 Å². The van der Waals surface area contributed by atoms with Gasteiger partial charge in [0.05, 0.1) is 18.4 Å². The molecule has 2 atom stereocenters. The van der Waals surface area contributed by atoms with E-state index in [0.717, 1.165) is 10.1 Å². The van der Waals surface area contributed by atoms with Gasteiger partial charge in [-0.3, -0.25) is 18.8 Å².